The number of rotatable bonds is 0. The molecule has 0 heterocycles. The summed E-state index contributed by atoms with van der Waals surface area (Å²) >= 11 is 0. The first-order valence-corrected chi connectivity index (χ1v) is 3.76. The third kappa shape index (κ3) is 1.84. The lowest BCUT2D eigenvalue weighted by Gasteiger charge is -2.04. The average Bonchev–Trinajstić information content (AvgIpc) is 2.15. The number of nitrogens with two attached hydrogens (primary N) is 1. The number of nitriles is 1. The van der Waals surface area contributed by atoms with Gasteiger partial charge < -0.3 is 5.73 Å². The minimum Gasteiger partial charge on any atom is -0.401 e. The van der Waals surface area contributed by atoms with Crippen LogP contribution in [0, 0.1) is 17.2 Å². The maximum absolute atomic E-state index is 8.68. The van der Waals surface area contributed by atoms with Crippen molar-refractivity contribution in [2.75, 3.05) is 0 Å². The average molecular weight is 148 g/mol. The highest BCUT2D eigenvalue weighted by Gasteiger charge is 2.11. The summed E-state index contributed by atoms with van der Waals surface area (Å²) in [5, 5.41) is 8.68. The molecule has 2 N–H and O–H groups in total. The van der Waals surface area contributed by atoms with Gasteiger partial charge in [0, 0.05) is 5.70 Å². The molecule has 1 unspecified atom stereocenters. The maximum Gasteiger partial charge on any atom is 0.0860 e. The molecule has 1 atom stereocenters. The van der Waals surface area contributed by atoms with E-state index in [1.165, 1.54) is 5.57 Å². The largest absolute Gasteiger partial charge is 0.401 e. The maximum atomic E-state index is 8.68. The van der Waals surface area contributed by atoms with Crippen molar-refractivity contribution in [1.82, 2.24) is 0 Å². The Bertz CT molecular complexity index is 243. The fourth-order valence-corrected chi connectivity index (χ4v) is 1.12. The van der Waals surface area contributed by atoms with Crippen LogP contribution in [0.1, 0.15) is 19.8 Å². The molecule has 1 aliphatic carbocycles. The minimum atomic E-state index is -0.0799. The number of hydrogen-bond donors (Lipinski definition) is 1. The summed E-state index contributed by atoms with van der Waals surface area (Å²) < 4.78 is 0. The third-order valence-corrected chi connectivity index (χ3v) is 1.95. The van der Waals surface area contributed by atoms with Gasteiger partial charge in [-0.2, -0.15) is 5.26 Å². The highest BCUT2D eigenvalue weighted by atomic mass is 14.6. The molecule has 2 nitrogen and oxygen atoms in total. The highest BCUT2D eigenvalue weighted by Crippen LogP contribution is 2.19. The van der Waals surface area contributed by atoms with E-state index in [2.05, 4.69) is 13.0 Å². The van der Waals surface area contributed by atoms with Crippen molar-refractivity contribution in [3.8, 4) is 6.07 Å². The molecule has 0 aliphatic heterocycles. The molecular formula is C9H12N2. The number of hydrogen-bond acceptors (Lipinski definition) is 2. The molecule has 0 aromatic carbocycles. The second-order valence-electron chi connectivity index (χ2n) is 2.90. The summed E-state index contributed by atoms with van der Waals surface area (Å²) in [4.78, 5) is 0. The van der Waals surface area contributed by atoms with Crippen LogP contribution < -0.4 is 5.73 Å². The lowest BCUT2D eigenvalue weighted by Crippen LogP contribution is -2.08. The molecule has 0 bridgehead atoms. The molecule has 1 aliphatic rings. The first kappa shape index (κ1) is 7.87. The summed E-state index contributed by atoms with van der Waals surface area (Å²) in [6.45, 7) is 2.06. The van der Waals surface area contributed by atoms with E-state index in [0.717, 1.165) is 12.8 Å². The van der Waals surface area contributed by atoms with Crippen LogP contribution in [0.3, 0.4) is 0 Å². The van der Waals surface area contributed by atoms with Crippen LogP contribution in [0.15, 0.2) is 23.4 Å². The monoisotopic (exact) mass is 148 g/mol. The molecule has 2 heteroatoms. The predicted molar refractivity (Wildman–Crippen MR) is 44.4 cm³/mol. The molecular weight excluding hydrogens is 136 g/mol. The molecule has 0 aromatic rings. The van der Waals surface area contributed by atoms with Crippen LogP contribution in [-0.4, -0.2) is 0 Å². The van der Waals surface area contributed by atoms with Crippen LogP contribution >= 0.6 is 0 Å². The van der Waals surface area contributed by atoms with Gasteiger partial charge in [-0.15, -0.1) is 0 Å². The van der Waals surface area contributed by atoms with E-state index in [1.54, 1.807) is 0 Å². The van der Waals surface area contributed by atoms with Crippen LogP contribution in [0.5, 0.6) is 0 Å². The van der Waals surface area contributed by atoms with Gasteiger partial charge in [0.05, 0.1) is 12.0 Å². The van der Waals surface area contributed by atoms with Crippen molar-refractivity contribution < 1.29 is 0 Å². The van der Waals surface area contributed by atoms with Gasteiger partial charge in [0.1, 0.15) is 0 Å². The number of allylic oxidation sites excluding steroid dienone is 4. The van der Waals surface area contributed by atoms with Crippen LogP contribution in [0.25, 0.3) is 0 Å². The zero-order chi connectivity index (χ0) is 8.27. The molecule has 0 fully saturated rings. The van der Waals surface area contributed by atoms with E-state index in [9.17, 15) is 0 Å². The van der Waals surface area contributed by atoms with Gasteiger partial charge in [-0.3, -0.25) is 0 Å². The van der Waals surface area contributed by atoms with Gasteiger partial charge in [-0.05, 0) is 25.8 Å². The van der Waals surface area contributed by atoms with E-state index in [-0.39, 0.29) is 5.92 Å². The van der Waals surface area contributed by atoms with Gasteiger partial charge in [0.25, 0.3) is 0 Å². The van der Waals surface area contributed by atoms with Gasteiger partial charge in [-0.25, -0.2) is 0 Å². The summed E-state index contributed by atoms with van der Waals surface area (Å²) in [6, 6.07) is 2.19. The lowest BCUT2D eigenvalue weighted by atomic mass is 10.0. The van der Waals surface area contributed by atoms with E-state index >= 15 is 0 Å². The summed E-state index contributed by atoms with van der Waals surface area (Å²) in [5.74, 6) is -0.0799. The molecule has 1 rings (SSSR count). The van der Waals surface area contributed by atoms with Crippen LogP contribution in [-0.2, 0) is 0 Å². The first-order valence-electron chi connectivity index (χ1n) is 3.76. The Morgan fingerprint density at radius 2 is 2.36 bits per heavy atom. The smallest absolute Gasteiger partial charge is 0.0860 e. The van der Waals surface area contributed by atoms with E-state index < -0.39 is 0 Å². The van der Waals surface area contributed by atoms with Gasteiger partial charge in [0.2, 0.25) is 0 Å². The Balaban J connectivity index is 2.77. The second kappa shape index (κ2) is 3.25. The van der Waals surface area contributed by atoms with E-state index in [4.69, 9.17) is 11.0 Å². The zero-order valence-corrected chi connectivity index (χ0v) is 6.67. The molecule has 0 spiro atoms. The molecule has 0 aromatic heterocycles. The Kier molecular flexibility index (Phi) is 2.32. The summed E-state index contributed by atoms with van der Waals surface area (Å²) in [6.07, 6.45) is 5.68. The fourth-order valence-electron chi connectivity index (χ4n) is 1.12. The zero-order valence-electron chi connectivity index (χ0n) is 6.67. The van der Waals surface area contributed by atoms with E-state index in [0.29, 0.717) is 5.70 Å². The minimum absolute atomic E-state index is 0.0799. The second-order valence-corrected chi connectivity index (χ2v) is 2.90. The molecule has 0 saturated heterocycles. The van der Waals surface area contributed by atoms with Crippen LogP contribution in [0.4, 0.5) is 0 Å². The standard InChI is InChI=1S/C9H12N2/c1-7-2-4-8(6-10)9(11)5-3-7/h3,5,8H,2,4,11H2,1H3. The highest BCUT2D eigenvalue weighted by molar-refractivity contribution is 5.23. The molecule has 0 radical (unpaired) electrons. The van der Waals surface area contributed by atoms with Gasteiger partial charge in [0.15, 0.2) is 0 Å². The van der Waals surface area contributed by atoms with Gasteiger partial charge >= 0.3 is 0 Å². The van der Waals surface area contributed by atoms with Crippen molar-refractivity contribution in [2.45, 2.75) is 19.8 Å². The molecule has 0 amide bonds. The molecule has 11 heavy (non-hydrogen) atoms. The van der Waals surface area contributed by atoms with Gasteiger partial charge in [-0.1, -0.05) is 11.6 Å². The van der Waals surface area contributed by atoms with Crippen molar-refractivity contribution in [3.63, 3.8) is 0 Å². The summed E-state index contributed by atoms with van der Waals surface area (Å²) in [5.41, 5.74) is 7.64. The van der Waals surface area contributed by atoms with Crippen molar-refractivity contribution in [2.24, 2.45) is 11.7 Å². The third-order valence-electron chi connectivity index (χ3n) is 1.95. The number of nitrogens with zero attached hydrogens (tertiary/aromatic N) is 1. The fraction of sp³-hybridized carbons (Fsp3) is 0.444. The quantitative estimate of drug-likeness (QED) is 0.568. The van der Waals surface area contributed by atoms with Crippen molar-refractivity contribution in [3.05, 3.63) is 23.4 Å². The SMILES string of the molecule is CC1=CC=C(N)C(C#N)CC1. The Morgan fingerprint density at radius 3 is 3.00 bits per heavy atom. The first-order chi connectivity index (χ1) is 5.24. The molecule has 58 valence electrons. The van der Waals surface area contributed by atoms with Crippen molar-refractivity contribution in [1.29, 1.82) is 5.26 Å². The predicted octanol–water partition coefficient (Wildman–Crippen LogP) is 1.71. The lowest BCUT2D eigenvalue weighted by molar-refractivity contribution is 0.682. The van der Waals surface area contributed by atoms with Crippen molar-refractivity contribution >= 4 is 0 Å². The van der Waals surface area contributed by atoms with Crippen LogP contribution in [0.2, 0.25) is 0 Å². The molecule has 0 saturated carbocycles. The Labute approximate surface area is 67.0 Å². The summed E-state index contributed by atoms with van der Waals surface area (Å²) in [7, 11) is 0. The topological polar surface area (TPSA) is 49.8 Å². The van der Waals surface area contributed by atoms with E-state index in [1.807, 2.05) is 12.2 Å². The Morgan fingerprint density at radius 1 is 1.64 bits per heavy atom. The Hall–Kier alpha value is -1.23. The normalized spacial score (nSPS) is 24.5.